The first-order valence-corrected chi connectivity index (χ1v) is 9.98. The Balaban J connectivity index is 1.33. The maximum absolute atomic E-state index is 14.1. The highest BCUT2D eigenvalue weighted by Gasteiger charge is 2.34. The molecule has 0 radical (unpaired) electrons. The van der Waals surface area contributed by atoms with Crippen LogP contribution in [0.4, 0.5) is 16.0 Å². The number of fused-ring (bicyclic) bond motifs is 1. The zero-order valence-corrected chi connectivity index (χ0v) is 16.0. The number of nitriles is 1. The van der Waals surface area contributed by atoms with Crippen LogP contribution in [0.2, 0.25) is 0 Å². The Bertz CT molecular complexity index is 1080. The minimum absolute atomic E-state index is 0.143. The molecule has 6 nitrogen and oxygen atoms in total. The highest BCUT2D eigenvalue weighted by Crippen LogP contribution is 2.35. The van der Waals surface area contributed by atoms with Crippen molar-refractivity contribution in [2.75, 3.05) is 36.0 Å². The van der Waals surface area contributed by atoms with E-state index < -0.39 is 0 Å². The Labute approximate surface area is 168 Å². The van der Waals surface area contributed by atoms with E-state index in [4.69, 9.17) is 5.26 Å². The summed E-state index contributed by atoms with van der Waals surface area (Å²) in [6.45, 7) is 3.25. The molecule has 5 rings (SSSR count). The van der Waals surface area contributed by atoms with Gasteiger partial charge in [0.05, 0.1) is 11.8 Å². The van der Waals surface area contributed by atoms with Gasteiger partial charge >= 0.3 is 0 Å². The highest BCUT2D eigenvalue weighted by atomic mass is 19.1. The molecule has 3 aromatic rings. The Morgan fingerprint density at radius 1 is 1.00 bits per heavy atom. The minimum Gasteiger partial charge on any atom is -0.355 e. The van der Waals surface area contributed by atoms with Crippen LogP contribution in [0.3, 0.4) is 0 Å². The standard InChI is InChI=1S/C22H21FN6/c23-18-3-1-2-16-4-5-19(27-20(16)18)29-13-17(14-29)21-22(26-9-8-25-21)28-10-6-15(12-24)7-11-28/h1-5,8-9,15,17H,6-7,10-11,13-14H2. The lowest BCUT2D eigenvalue weighted by Gasteiger charge is -2.41. The molecule has 1 aromatic carbocycles. The van der Waals surface area contributed by atoms with Crippen LogP contribution < -0.4 is 9.80 Å². The molecule has 29 heavy (non-hydrogen) atoms. The van der Waals surface area contributed by atoms with Gasteiger partial charge in [-0.2, -0.15) is 5.26 Å². The first-order chi connectivity index (χ1) is 14.2. The second-order valence-electron chi connectivity index (χ2n) is 7.74. The molecule has 2 aromatic heterocycles. The van der Waals surface area contributed by atoms with Crippen LogP contribution in [0.1, 0.15) is 24.5 Å². The fourth-order valence-corrected chi connectivity index (χ4v) is 4.21. The molecule has 0 amide bonds. The topological polar surface area (TPSA) is 68.9 Å². The van der Waals surface area contributed by atoms with Gasteiger partial charge in [0.1, 0.15) is 17.2 Å². The number of aromatic nitrogens is 3. The van der Waals surface area contributed by atoms with E-state index in [1.165, 1.54) is 6.07 Å². The zero-order valence-electron chi connectivity index (χ0n) is 16.0. The van der Waals surface area contributed by atoms with E-state index in [-0.39, 0.29) is 17.7 Å². The summed E-state index contributed by atoms with van der Waals surface area (Å²) in [5.41, 5.74) is 1.42. The molecule has 0 saturated carbocycles. The summed E-state index contributed by atoms with van der Waals surface area (Å²) in [7, 11) is 0. The first kappa shape index (κ1) is 17.8. The summed E-state index contributed by atoms with van der Waals surface area (Å²) < 4.78 is 14.1. The summed E-state index contributed by atoms with van der Waals surface area (Å²) in [6, 6.07) is 11.3. The maximum atomic E-state index is 14.1. The number of piperidine rings is 1. The average molecular weight is 388 g/mol. The number of hydrogen-bond acceptors (Lipinski definition) is 6. The minimum atomic E-state index is -0.293. The maximum Gasteiger partial charge on any atom is 0.150 e. The SMILES string of the molecule is N#CC1CCN(c2nccnc2C2CN(c3ccc4cccc(F)c4n3)C2)CC1. The second-order valence-corrected chi connectivity index (χ2v) is 7.74. The van der Waals surface area contributed by atoms with E-state index >= 15 is 0 Å². The van der Waals surface area contributed by atoms with Gasteiger partial charge < -0.3 is 9.80 Å². The van der Waals surface area contributed by atoms with Gasteiger partial charge in [0.25, 0.3) is 0 Å². The fourth-order valence-electron chi connectivity index (χ4n) is 4.21. The Morgan fingerprint density at radius 2 is 1.79 bits per heavy atom. The molecule has 0 spiro atoms. The predicted molar refractivity (Wildman–Crippen MR) is 109 cm³/mol. The zero-order chi connectivity index (χ0) is 19.8. The van der Waals surface area contributed by atoms with Crippen molar-refractivity contribution in [1.82, 2.24) is 15.0 Å². The van der Waals surface area contributed by atoms with Gasteiger partial charge in [-0.15, -0.1) is 0 Å². The number of hydrogen-bond donors (Lipinski definition) is 0. The van der Waals surface area contributed by atoms with Gasteiger partial charge in [0.15, 0.2) is 5.82 Å². The molecule has 0 unspecified atom stereocenters. The summed E-state index contributed by atoms with van der Waals surface area (Å²) in [4.78, 5) is 18.2. The summed E-state index contributed by atoms with van der Waals surface area (Å²) in [5.74, 6) is 1.85. The molecule has 0 aliphatic carbocycles. The number of nitrogens with zero attached hydrogens (tertiary/aromatic N) is 6. The summed E-state index contributed by atoms with van der Waals surface area (Å²) >= 11 is 0. The Kier molecular flexibility index (Phi) is 4.47. The van der Waals surface area contributed by atoms with Crippen molar-refractivity contribution in [3.63, 3.8) is 0 Å². The normalized spacial score (nSPS) is 17.9. The number of benzene rings is 1. The molecular formula is C22H21FN6. The average Bonchev–Trinajstić information content (AvgIpc) is 2.74. The van der Waals surface area contributed by atoms with E-state index in [0.717, 1.165) is 61.7 Å². The van der Waals surface area contributed by atoms with Crippen molar-refractivity contribution in [3.8, 4) is 6.07 Å². The number of rotatable bonds is 3. The molecule has 146 valence electrons. The van der Waals surface area contributed by atoms with Crippen LogP contribution in [-0.4, -0.2) is 41.1 Å². The van der Waals surface area contributed by atoms with Crippen molar-refractivity contribution in [2.24, 2.45) is 5.92 Å². The van der Waals surface area contributed by atoms with E-state index in [2.05, 4.69) is 30.8 Å². The van der Waals surface area contributed by atoms with Crippen LogP contribution in [0.5, 0.6) is 0 Å². The monoisotopic (exact) mass is 388 g/mol. The van der Waals surface area contributed by atoms with Crippen LogP contribution in [0.25, 0.3) is 10.9 Å². The van der Waals surface area contributed by atoms with Gasteiger partial charge in [-0.3, -0.25) is 4.98 Å². The third-order valence-corrected chi connectivity index (χ3v) is 5.93. The Morgan fingerprint density at radius 3 is 2.59 bits per heavy atom. The third-order valence-electron chi connectivity index (χ3n) is 5.93. The lowest BCUT2D eigenvalue weighted by Crippen LogP contribution is -2.47. The predicted octanol–water partition coefficient (Wildman–Crippen LogP) is 3.51. The van der Waals surface area contributed by atoms with Gasteiger partial charge in [0, 0.05) is 55.8 Å². The van der Waals surface area contributed by atoms with Crippen LogP contribution in [-0.2, 0) is 0 Å². The molecule has 2 fully saturated rings. The molecule has 0 atom stereocenters. The fraction of sp³-hybridized carbons (Fsp3) is 0.364. The van der Waals surface area contributed by atoms with E-state index in [1.54, 1.807) is 18.5 Å². The third kappa shape index (κ3) is 3.25. The smallest absolute Gasteiger partial charge is 0.150 e. The van der Waals surface area contributed by atoms with Crippen molar-refractivity contribution < 1.29 is 4.39 Å². The van der Waals surface area contributed by atoms with Crippen LogP contribution in [0.15, 0.2) is 42.7 Å². The van der Waals surface area contributed by atoms with Gasteiger partial charge in [-0.25, -0.2) is 14.4 Å². The summed E-state index contributed by atoms with van der Waals surface area (Å²) in [5, 5.41) is 9.94. The Hall–Kier alpha value is -3.27. The number of pyridine rings is 1. The van der Waals surface area contributed by atoms with Crippen molar-refractivity contribution >= 4 is 22.5 Å². The molecule has 2 aliphatic heterocycles. The van der Waals surface area contributed by atoms with Crippen molar-refractivity contribution in [3.05, 3.63) is 54.2 Å². The summed E-state index contributed by atoms with van der Waals surface area (Å²) in [6.07, 6.45) is 5.22. The van der Waals surface area contributed by atoms with E-state index in [9.17, 15) is 4.39 Å². The van der Waals surface area contributed by atoms with Crippen LogP contribution >= 0.6 is 0 Å². The van der Waals surface area contributed by atoms with Gasteiger partial charge in [-0.1, -0.05) is 12.1 Å². The molecule has 7 heteroatoms. The van der Waals surface area contributed by atoms with Crippen molar-refractivity contribution in [1.29, 1.82) is 5.26 Å². The molecule has 2 saturated heterocycles. The highest BCUT2D eigenvalue weighted by molar-refractivity contribution is 5.81. The molecular weight excluding hydrogens is 367 g/mol. The molecule has 2 aliphatic rings. The largest absolute Gasteiger partial charge is 0.355 e. The second kappa shape index (κ2) is 7.28. The van der Waals surface area contributed by atoms with Crippen molar-refractivity contribution in [2.45, 2.75) is 18.8 Å². The lowest BCUT2D eigenvalue weighted by atomic mass is 9.94. The number of anilines is 2. The first-order valence-electron chi connectivity index (χ1n) is 9.98. The number of para-hydroxylation sites is 1. The lowest BCUT2D eigenvalue weighted by molar-refractivity contribution is 0.473. The molecule has 0 bridgehead atoms. The van der Waals surface area contributed by atoms with Gasteiger partial charge in [0.2, 0.25) is 0 Å². The quantitative estimate of drug-likeness (QED) is 0.684. The van der Waals surface area contributed by atoms with Gasteiger partial charge in [-0.05, 0) is 31.0 Å². The molecule has 0 N–H and O–H groups in total. The number of halogens is 1. The van der Waals surface area contributed by atoms with E-state index in [0.29, 0.717) is 5.52 Å². The molecule has 4 heterocycles. The van der Waals surface area contributed by atoms with E-state index in [1.807, 2.05) is 18.2 Å². The van der Waals surface area contributed by atoms with Crippen LogP contribution in [0, 0.1) is 23.1 Å².